The van der Waals surface area contributed by atoms with Crippen molar-refractivity contribution in [2.24, 2.45) is 10.8 Å². The zero-order valence-corrected chi connectivity index (χ0v) is 8.58. The molecule has 74 valence electrons. The van der Waals surface area contributed by atoms with E-state index in [1.165, 1.54) is 18.3 Å². The maximum absolute atomic E-state index is 13.0. The highest BCUT2D eigenvalue weighted by Gasteiger charge is 1.99. The van der Waals surface area contributed by atoms with Crippen LogP contribution in [0, 0.1) is 5.82 Å². The molecule has 4 nitrogen and oxygen atoms in total. The smallest absolute Gasteiger partial charge is 0.332 e. The highest BCUT2D eigenvalue weighted by molar-refractivity contribution is 9.10. The van der Waals surface area contributed by atoms with Crippen molar-refractivity contribution in [3.8, 4) is 0 Å². The second-order valence-electron chi connectivity index (χ2n) is 2.40. The lowest BCUT2D eigenvalue weighted by atomic mass is 10.2. The number of hydrazone groups is 1. The SMILES string of the molecule is NC(=O)N/N=C\c1cc(Br)ccc1F. The summed E-state index contributed by atoms with van der Waals surface area (Å²) < 4.78 is 13.8. The molecule has 14 heavy (non-hydrogen) atoms. The third-order valence-corrected chi connectivity index (χ3v) is 1.83. The van der Waals surface area contributed by atoms with Crippen LogP contribution in [-0.2, 0) is 0 Å². The van der Waals surface area contributed by atoms with Crippen LogP contribution in [-0.4, -0.2) is 12.2 Å². The van der Waals surface area contributed by atoms with Gasteiger partial charge in [0.2, 0.25) is 0 Å². The van der Waals surface area contributed by atoms with Gasteiger partial charge < -0.3 is 5.73 Å². The van der Waals surface area contributed by atoms with Gasteiger partial charge in [0.05, 0.1) is 6.21 Å². The Balaban J connectivity index is 2.80. The van der Waals surface area contributed by atoms with E-state index in [-0.39, 0.29) is 5.56 Å². The molecule has 1 rings (SSSR count). The fourth-order valence-electron chi connectivity index (χ4n) is 0.779. The quantitative estimate of drug-likeness (QED) is 0.615. The van der Waals surface area contributed by atoms with Crippen LogP contribution in [0.1, 0.15) is 5.56 Å². The van der Waals surface area contributed by atoms with Crippen LogP contribution in [0.25, 0.3) is 0 Å². The zero-order valence-electron chi connectivity index (χ0n) is 7.00. The Kier molecular flexibility index (Phi) is 3.58. The Morgan fingerprint density at radius 2 is 2.36 bits per heavy atom. The lowest BCUT2D eigenvalue weighted by Gasteiger charge is -1.97. The van der Waals surface area contributed by atoms with Gasteiger partial charge in [-0.05, 0) is 18.2 Å². The largest absolute Gasteiger partial charge is 0.350 e. The van der Waals surface area contributed by atoms with Crippen molar-refractivity contribution >= 4 is 28.2 Å². The minimum atomic E-state index is -0.795. The molecular formula is C8H7BrFN3O. The van der Waals surface area contributed by atoms with Crippen molar-refractivity contribution in [1.29, 1.82) is 0 Å². The summed E-state index contributed by atoms with van der Waals surface area (Å²) in [5.74, 6) is -0.428. The molecule has 0 bridgehead atoms. The first-order valence-electron chi connectivity index (χ1n) is 3.63. The van der Waals surface area contributed by atoms with Gasteiger partial charge in [-0.15, -0.1) is 0 Å². The van der Waals surface area contributed by atoms with Gasteiger partial charge in [-0.1, -0.05) is 15.9 Å². The van der Waals surface area contributed by atoms with Crippen molar-refractivity contribution in [3.05, 3.63) is 34.1 Å². The predicted molar refractivity (Wildman–Crippen MR) is 54.4 cm³/mol. The third kappa shape index (κ3) is 3.14. The third-order valence-electron chi connectivity index (χ3n) is 1.34. The van der Waals surface area contributed by atoms with E-state index in [9.17, 15) is 9.18 Å². The standard InChI is InChI=1S/C8H7BrFN3O/c9-6-1-2-7(10)5(3-6)4-12-13-8(11)14/h1-4H,(H3,11,13,14)/b12-4-. The van der Waals surface area contributed by atoms with Crippen LogP contribution in [0.15, 0.2) is 27.8 Å². The Bertz CT molecular complexity index is 381. The van der Waals surface area contributed by atoms with Crippen molar-refractivity contribution in [1.82, 2.24) is 5.43 Å². The second kappa shape index (κ2) is 4.71. The molecule has 0 saturated heterocycles. The number of nitrogens with two attached hydrogens (primary N) is 1. The predicted octanol–water partition coefficient (Wildman–Crippen LogP) is 1.59. The molecular weight excluding hydrogens is 253 g/mol. The van der Waals surface area contributed by atoms with E-state index in [1.54, 1.807) is 6.07 Å². The van der Waals surface area contributed by atoms with E-state index in [2.05, 4.69) is 21.0 Å². The normalized spacial score (nSPS) is 10.4. The average molecular weight is 260 g/mol. The fourth-order valence-corrected chi connectivity index (χ4v) is 1.16. The van der Waals surface area contributed by atoms with E-state index in [1.807, 2.05) is 5.43 Å². The van der Waals surface area contributed by atoms with Crippen LogP contribution in [0.2, 0.25) is 0 Å². The van der Waals surface area contributed by atoms with Crippen LogP contribution < -0.4 is 11.2 Å². The Morgan fingerprint density at radius 3 is 3.00 bits per heavy atom. The van der Waals surface area contributed by atoms with Gasteiger partial charge in [0.1, 0.15) is 5.82 Å². The van der Waals surface area contributed by atoms with Crippen molar-refractivity contribution < 1.29 is 9.18 Å². The van der Waals surface area contributed by atoms with Crippen LogP contribution in [0.4, 0.5) is 9.18 Å². The molecule has 0 aliphatic carbocycles. The van der Waals surface area contributed by atoms with Gasteiger partial charge in [0.25, 0.3) is 0 Å². The van der Waals surface area contributed by atoms with Gasteiger partial charge in [0.15, 0.2) is 0 Å². The minimum Gasteiger partial charge on any atom is -0.350 e. The topological polar surface area (TPSA) is 67.5 Å². The number of carbonyl (C=O) groups is 1. The number of nitrogens with one attached hydrogen (secondary N) is 1. The van der Waals surface area contributed by atoms with Crippen LogP contribution in [0.3, 0.4) is 0 Å². The van der Waals surface area contributed by atoms with E-state index in [0.717, 1.165) is 4.47 Å². The molecule has 0 spiro atoms. The summed E-state index contributed by atoms with van der Waals surface area (Å²) >= 11 is 3.18. The summed E-state index contributed by atoms with van der Waals surface area (Å²) in [4.78, 5) is 10.2. The lowest BCUT2D eigenvalue weighted by Crippen LogP contribution is -2.24. The zero-order chi connectivity index (χ0) is 10.6. The Morgan fingerprint density at radius 1 is 1.64 bits per heavy atom. The van der Waals surface area contributed by atoms with Crippen molar-refractivity contribution in [2.45, 2.75) is 0 Å². The Hall–Kier alpha value is -1.43. The number of hydrogen-bond donors (Lipinski definition) is 2. The molecule has 6 heteroatoms. The molecule has 0 aromatic heterocycles. The summed E-state index contributed by atoms with van der Waals surface area (Å²) in [5.41, 5.74) is 6.98. The molecule has 0 fully saturated rings. The van der Waals surface area contributed by atoms with E-state index < -0.39 is 11.8 Å². The maximum atomic E-state index is 13.0. The molecule has 0 atom stereocenters. The molecule has 2 amide bonds. The first-order valence-corrected chi connectivity index (χ1v) is 4.42. The summed E-state index contributed by atoms with van der Waals surface area (Å²) in [6.07, 6.45) is 1.17. The van der Waals surface area contributed by atoms with Crippen LogP contribution in [0.5, 0.6) is 0 Å². The van der Waals surface area contributed by atoms with E-state index in [0.29, 0.717) is 0 Å². The number of halogens is 2. The molecule has 0 radical (unpaired) electrons. The minimum absolute atomic E-state index is 0.258. The van der Waals surface area contributed by atoms with Crippen molar-refractivity contribution in [2.75, 3.05) is 0 Å². The summed E-state index contributed by atoms with van der Waals surface area (Å²) in [7, 11) is 0. The number of hydrogen-bond acceptors (Lipinski definition) is 2. The highest BCUT2D eigenvalue weighted by atomic mass is 79.9. The second-order valence-corrected chi connectivity index (χ2v) is 3.32. The number of benzene rings is 1. The number of primary amides is 1. The average Bonchev–Trinajstić information content (AvgIpc) is 2.10. The molecule has 0 saturated carbocycles. The van der Waals surface area contributed by atoms with Gasteiger partial charge in [0, 0.05) is 10.0 Å². The molecule has 0 aliphatic rings. The van der Waals surface area contributed by atoms with E-state index >= 15 is 0 Å². The number of urea groups is 1. The van der Waals surface area contributed by atoms with Gasteiger partial charge in [-0.2, -0.15) is 5.10 Å². The number of nitrogens with zero attached hydrogens (tertiary/aromatic N) is 1. The molecule has 1 aromatic rings. The molecule has 0 unspecified atom stereocenters. The molecule has 3 N–H and O–H groups in total. The van der Waals surface area contributed by atoms with Crippen LogP contribution >= 0.6 is 15.9 Å². The van der Waals surface area contributed by atoms with E-state index in [4.69, 9.17) is 5.73 Å². The highest BCUT2D eigenvalue weighted by Crippen LogP contribution is 2.13. The number of carbonyl (C=O) groups excluding carboxylic acids is 1. The lowest BCUT2D eigenvalue weighted by molar-refractivity contribution is 0.249. The molecule has 1 aromatic carbocycles. The van der Waals surface area contributed by atoms with Gasteiger partial charge in [-0.3, -0.25) is 0 Å². The fraction of sp³-hybridized carbons (Fsp3) is 0. The van der Waals surface area contributed by atoms with Gasteiger partial charge in [-0.25, -0.2) is 14.6 Å². The summed E-state index contributed by atoms with van der Waals surface area (Å²) in [5, 5.41) is 3.43. The molecule has 0 heterocycles. The molecule has 0 aliphatic heterocycles. The van der Waals surface area contributed by atoms with Gasteiger partial charge >= 0.3 is 6.03 Å². The van der Waals surface area contributed by atoms with Crippen molar-refractivity contribution in [3.63, 3.8) is 0 Å². The summed E-state index contributed by atoms with van der Waals surface area (Å²) in [6.45, 7) is 0. The first kappa shape index (κ1) is 10.6. The monoisotopic (exact) mass is 259 g/mol. The Labute approximate surface area is 88.1 Å². The number of amides is 2. The summed E-state index contributed by atoms with van der Waals surface area (Å²) in [6, 6.07) is 3.59. The number of rotatable bonds is 2. The maximum Gasteiger partial charge on any atom is 0.332 e. The first-order chi connectivity index (χ1) is 6.59.